The molecular formula is C15H11NO3S. The summed E-state index contributed by atoms with van der Waals surface area (Å²) in [5.74, 6) is -0.981. The van der Waals surface area contributed by atoms with Gasteiger partial charge in [0.1, 0.15) is 0 Å². The van der Waals surface area contributed by atoms with E-state index in [4.69, 9.17) is 5.11 Å². The molecule has 0 aliphatic rings. The van der Waals surface area contributed by atoms with E-state index in [1.54, 1.807) is 36.5 Å². The number of carboxylic acid groups (broad SMARTS) is 1. The van der Waals surface area contributed by atoms with Crippen LogP contribution in [-0.2, 0) is 6.54 Å². The molecule has 0 saturated carbocycles. The lowest BCUT2D eigenvalue weighted by Crippen LogP contribution is -2.20. The molecule has 4 nitrogen and oxygen atoms in total. The molecular weight excluding hydrogens is 274 g/mol. The van der Waals surface area contributed by atoms with Gasteiger partial charge in [-0.2, -0.15) is 0 Å². The van der Waals surface area contributed by atoms with Gasteiger partial charge in [-0.3, -0.25) is 4.79 Å². The predicted octanol–water partition coefficient (Wildman–Crippen LogP) is 2.81. The Hall–Kier alpha value is -2.40. The standard InChI is InChI=1S/C15H11NO3S/c17-14-12-6-8-20-13(12)5-7-16(14)9-10-3-1-2-4-11(10)15(18)19/h1-8H,9H2,(H,18,19). The Labute approximate surface area is 118 Å². The zero-order chi connectivity index (χ0) is 14.1. The number of pyridine rings is 1. The summed E-state index contributed by atoms with van der Waals surface area (Å²) in [5.41, 5.74) is 0.755. The third-order valence-corrected chi connectivity index (χ3v) is 4.06. The maximum atomic E-state index is 12.3. The molecule has 5 heteroatoms. The van der Waals surface area contributed by atoms with Crippen LogP contribution in [0.25, 0.3) is 10.1 Å². The second kappa shape index (κ2) is 4.94. The summed E-state index contributed by atoms with van der Waals surface area (Å²) < 4.78 is 2.48. The molecule has 0 aliphatic heterocycles. The van der Waals surface area contributed by atoms with E-state index in [1.807, 2.05) is 11.4 Å². The van der Waals surface area contributed by atoms with Gasteiger partial charge in [0.25, 0.3) is 5.56 Å². The van der Waals surface area contributed by atoms with Crippen molar-refractivity contribution in [2.24, 2.45) is 0 Å². The number of aromatic nitrogens is 1. The maximum absolute atomic E-state index is 12.3. The molecule has 2 heterocycles. The van der Waals surface area contributed by atoms with Gasteiger partial charge in [0.2, 0.25) is 0 Å². The highest BCUT2D eigenvalue weighted by atomic mass is 32.1. The lowest BCUT2D eigenvalue weighted by Gasteiger charge is -2.08. The predicted molar refractivity (Wildman–Crippen MR) is 78.6 cm³/mol. The van der Waals surface area contributed by atoms with Gasteiger partial charge < -0.3 is 9.67 Å². The van der Waals surface area contributed by atoms with E-state index in [2.05, 4.69) is 0 Å². The average Bonchev–Trinajstić information content (AvgIpc) is 2.91. The SMILES string of the molecule is O=C(O)c1ccccc1Cn1ccc2sccc2c1=O. The molecule has 100 valence electrons. The van der Waals surface area contributed by atoms with Gasteiger partial charge in [0, 0.05) is 10.9 Å². The molecule has 3 aromatic rings. The molecule has 0 fully saturated rings. The van der Waals surface area contributed by atoms with E-state index in [1.165, 1.54) is 15.9 Å². The second-order valence-corrected chi connectivity index (χ2v) is 5.36. The van der Waals surface area contributed by atoms with Crippen LogP contribution in [0.5, 0.6) is 0 Å². The number of hydrogen-bond donors (Lipinski definition) is 1. The van der Waals surface area contributed by atoms with Crippen LogP contribution in [-0.4, -0.2) is 15.6 Å². The highest BCUT2D eigenvalue weighted by molar-refractivity contribution is 7.17. The monoisotopic (exact) mass is 285 g/mol. The zero-order valence-electron chi connectivity index (χ0n) is 10.4. The number of benzene rings is 1. The second-order valence-electron chi connectivity index (χ2n) is 4.41. The van der Waals surface area contributed by atoms with Crippen LogP contribution >= 0.6 is 11.3 Å². The van der Waals surface area contributed by atoms with Crippen LogP contribution in [0.15, 0.2) is 52.8 Å². The fourth-order valence-corrected chi connectivity index (χ4v) is 2.95. The van der Waals surface area contributed by atoms with Crippen molar-refractivity contribution < 1.29 is 9.90 Å². The molecule has 0 aliphatic carbocycles. The Kier molecular flexibility index (Phi) is 3.12. The van der Waals surface area contributed by atoms with Crippen molar-refractivity contribution in [2.75, 3.05) is 0 Å². The van der Waals surface area contributed by atoms with Gasteiger partial charge in [0.15, 0.2) is 0 Å². The molecule has 3 rings (SSSR count). The summed E-state index contributed by atoms with van der Waals surface area (Å²) in [4.78, 5) is 23.5. The number of aromatic carboxylic acids is 1. The molecule has 20 heavy (non-hydrogen) atoms. The minimum Gasteiger partial charge on any atom is -0.478 e. The van der Waals surface area contributed by atoms with Crippen LogP contribution in [0, 0.1) is 0 Å². The van der Waals surface area contributed by atoms with Gasteiger partial charge in [-0.1, -0.05) is 18.2 Å². The van der Waals surface area contributed by atoms with Crippen molar-refractivity contribution in [3.8, 4) is 0 Å². The summed E-state index contributed by atoms with van der Waals surface area (Å²) in [7, 11) is 0. The number of fused-ring (bicyclic) bond motifs is 1. The van der Waals surface area contributed by atoms with Crippen molar-refractivity contribution in [3.63, 3.8) is 0 Å². The smallest absolute Gasteiger partial charge is 0.336 e. The van der Waals surface area contributed by atoms with Gasteiger partial charge in [-0.15, -0.1) is 11.3 Å². The molecule has 0 spiro atoms. The summed E-state index contributed by atoms with van der Waals surface area (Å²) >= 11 is 1.52. The first-order valence-electron chi connectivity index (χ1n) is 6.04. The van der Waals surface area contributed by atoms with Crippen LogP contribution in [0.2, 0.25) is 0 Å². The first-order chi connectivity index (χ1) is 9.66. The molecule has 0 amide bonds. The first kappa shape index (κ1) is 12.6. The Morgan fingerprint density at radius 2 is 2.00 bits per heavy atom. The first-order valence-corrected chi connectivity index (χ1v) is 6.92. The van der Waals surface area contributed by atoms with Crippen molar-refractivity contribution in [1.82, 2.24) is 4.57 Å². The van der Waals surface area contributed by atoms with Crippen LogP contribution in [0.4, 0.5) is 0 Å². The van der Waals surface area contributed by atoms with Gasteiger partial charge >= 0.3 is 5.97 Å². The molecule has 1 aromatic carbocycles. The largest absolute Gasteiger partial charge is 0.478 e. The minimum atomic E-state index is -0.981. The number of carboxylic acids is 1. The van der Waals surface area contributed by atoms with Crippen molar-refractivity contribution in [3.05, 3.63) is 69.5 Å². The molecule has 0 radical (unpaired) electrons. The number of carbonyl (C=O) groups is 1. The number of thiophene rings is 1. The van der Waals surface area contributed by atoms with Gasteiger partial charge in [0.05, 0.1) is 17.5 Å². The number of hydrogen-bond acceptors (Lipinski definition) is 3. The van der Waals surface area contributed by atoms with E-state index in [9.17, 15) is 9.59 Å². The quantitative estimate of drug-likeness (QED) is 0.805. The van der Waals surface area contributed by atoms with E-state index in [0.717, 1.165) is 4.70 Å². The van der Waals surface area contributed by atoms with Crippen molar-refractivity contribution >= 4 is 27.4 Å². The van der Waals surface area contributed by atoms with E-state index in [0.29, 0.717) is 10.9 Å². The number of rotatable bonds is 3. The Morgan fingerprint density at radius 1 is 1.20 bits per heavy atom. The van der Waals surface area contributed by atoms with Crippen molar-refractivity contribution in [1.29, 1.82) is 0 Å². The van der Waals surface area contributed by atoms with Gasteiger partial charge in [-0.05, 0) is 29.1 Å². The fourth-order valence-electron chi connectivity index (χ4n) is 2.18. The summed E-state index contributed by atoms with van der Waals surface area (Å²) in [6.07, 6.45) is 1.71. The Balaban J connectivity index is 2.08. The summed E-state index contributed by atoms with van der Waals surface area (Å²) in [5, 5.41) is 11.7. The lowest BCUT2D eigenvalue weighted by atomic mass is 10.1. The topological polar surface area (TPSA) is 59.3 Å². The molecule has 0 saturated heterocycles. The highest BCUT2D eigenvalue weighted by Gasteiger charge is 2.11. The number of nitrogens with zero attached hydrogens (tertiary/aromatic N) is 1. The third kappa shape index (κ3) is 2.12. The molecule has 1 N–H and O–H groups in total. The summed E-state index contributed by atoms with van der Waals surface area (Å²) in [6.45, 7) is 0.257. The lowest BCUT2D eigenvalue weighted by molar-refractivity contribution is 0.0695. The molecule has 2 aromatic heterocycles. The Morgan fingerprint density at radius 3 is 2.80 bits per heavy atom. The van der Waals surface area contributed by atoms with E-state index in [-0.39, 0.29) is 17.7 Å². The highest BCUT2D eigenvalue weighted by Crippen LogP contribution is 2.17. The summed E-state index contributed by atoms with van der Waals surface area (Å²) in [6, 6.07) is 10.4. The Bertz CT molecular complexity index is 847. The maximum Gasteiger partial charge on any atom is 0.336 e. The van der Waals surface area contributed by atoms with Crippen LogP contribution in [0.3, 0.4) is 0 Å². The molecule has 0 bridgehead atoms. The van der Waals surface area contributed by atoms with E-state index < -0.39 is 5.97 Å². The molecule has 0 atom stereocenters. The van der Waals surface area contributed by atoms with Gasteiger partial charge in [-0.25, -0.2) is 4.79 Å². The average molecular weight is 285 g/mol. The van der Waals surface area contributed by atoms with E-state index >= 15 is 0 Å². The fraction of sp³-hybridized carbons (Fsp3) is 0.0667. The normalized spacial score (nSPS) is 10.8. The third-order valence-electron chi connectivity index (χ3n) is 3.18. The van der Waals surface area contributed by atoms with Crippen LogP contribution in [0.1, 0.15) is 15.9 Å². The zero-order valence-corrected chi connectivity index (χ0v) is 11.3. The molecule has 0 unspecified atom stereocenters. The minimum absolute atomic E-state index is 0.0936. The van der Waals surface area contributed by atoms with Crippen LogP contribution < -0.4 is 5.56 Å². The van der Waals surface area contributed by atoms with Crippen molar-refractivity contribution in [2.45, 2.75) is 6.54 Å².